The van der Waals surface area contributed by atoms with Crippen molar-refractivity contribution in [3.05, 3.63) is 24.0 Å². The maximum atomic E-state index is 5.30. The van der Waals surface area contributed by atoms with E-state index >= 15 is 0 Å². The molecular formula is C7H13N3. The fraction of sp³-hybridized carbons (Fsp3) is 0.429. The highest BCUT2D eigenvalue weighted by Crippen LogP contribution is 1.91. The number of rotatable bonds is 4. The second-order valence-electron chi connectivity index (χ2n) is 2.16. The Hall–Kier alpha value is -0.800. The average Bonchev–Trinajstić information content (AvgIpc) is 2.41. The van der Waals surface area contributed by atoms with E-state index in [1.165, 1.54) is 5.69 Å². The Balaban J connectivity index is 2.15. The first-order chi connectivity index (χ1) is 4.93. The third-order valence-corrected chi connectivity index (χ3v) is 1.30. The lowest BCUT2D eigenvalue weighted by molar-refractivity contribution is 0.685. The molecule has 0 fully saturated rings. The maximum Gasteiger partial charge on any atom is 0.0357 e. The highest BCUT2D eigenvalue weighted by molar-refractivity contribution is 5.02. The monoisotopic (exact) mass is 139 g/mol. The molecule has 0 bridgehead atoms. The van der Waals surface area contributed by atoms with Gasteiger partial charge in [0.15, 0.2) is 0 Å². The Morgan fingerprint density at radius 3 is 3.10 bits per heavy atom. The summed E-state index contributed by atoms with van der Waals surface area (Å²) < 4.78 is 0. The van der Waals surface area contributed by atoms with Crippen molar-refractivity contribution in [1.29, 1.82) is 0 Å². The van der Waals surface area contributed by atoms with Gasteiger partial charge < -0.3 is 16.0 Å². The standard InChI is InChI=1S/C7H13N3/c8-3-5-9-6-7-2-1-4-10-7/h1-2,4,9-10H,3,5-6,8H2. The molecule has 0 saturated carbocycles. The quantitative estimate of drug-likeness (QED) is 0.517. The summed E-state index contributed by atoms with van der Waals surface area (Å²) in [6.45, 7) is 2.45. The predicted octanol–water partition coefficient (Wildman–Crippen LogP) is 0.0630. The minimum atomic E-state index is 0.695. The first-order valence-electron chi connectivity index (χ1n) is 3.46. The number of H-pyrrole nitrogens is 1. The van der Waals surface area contributed by atoms with Crippen LogP contribution in [0.4, 0.5) is 0 Å². The van der Waals surface area contributed by atoms with E-state index in [1.54, 1.807) is 0 Å². The van der Waals surface area contributed by atoms with Gasteiger partial charge in [-0.05, 0) is 12.1 Å². The lowest BCUT2D eigenvalue weighted by atomic mass is 10.4. The van der Waals surface area contributed by atoms with Crippen LogP contribution in [0.3, 0.4) is 0 Å². The molecule has 0 amide bonds. The molecule has 56 valence electrons. The molecule has 0 aliphatic heterocycles. The molecule has 1 heterocycles. The van der Waals surface area contributed by atoms with Gasteiger partial charge in [-0.3, -0.25) is 0 Å². The van der Waals surface area contributed by atoms with Gasteiger partial charge >= 0.3 is 0 Å². The van der Waals surface area contributed by atoms with Gasteiger partial charge in [0.2, 0.25) is 0 Å². The summed E-state index contributed by atoms with van der Waals surface area (Å²) in [5.41, 5.74) is 6.50. The SMILES string of the molecule is NCCNCc1ccc[nH]1. The summed E-state index contributed by atoms with van der Waals surface area (Å²) >= 11 is 0. The fourth-order valence-corrected chi connectivity index (χ4v) is 0.803. The number of hydrogen-bond donors (Lipinski definition) is 3. The van der Waals surface area contributed by atoms with Crippen LogP contribution >= 0.6 is 0 Å². The lowest BCUT2D eigenvalue weighted by Crippen LogP contribution is -2.21. The smallest absolute Gasteiger partial charge is 0.0357 e. The second kappa shape index (κ2) is 4.09. The maximum absolute atomic E-state index is 5.30. The van der Waals surface area contributed by atoms with E-state index < -0.39 is 0 Å². The molecular weight excluding hydrogens is 126 g/mol. The summed E-state index contributed by atoms with van der Waals surface area (Å²) in [4.78, 5) is 3.09. The van der Waals surface area contributed by atoms with Gasteiger partial charge in [0.1, 0.15) is 0 Å². The molecule has 1 aromatic rings. The molecule has 3 heteroatoms. The Labute approximate surface area is 60.6 Å². The van der Waals surface area contributed by atoms with Crippen LogP contribution in [0.15, 0.2) is 18.3 Å². The van der Waals surface area contributed by atoms with E-state index in [0.29, 0.717) is 6.54 Å². The Bertz CT molecular complexity index is 157. The summed E-state index contributed by atoms with van der Waals surface area (Å²) in [5.74, 6) is 0. The molecule has 0 spiro atoms. The van der Waals surface area contributed by atoms with Crippen LogP contribution < -0.4 is 11.1 Å². The van der Waals surface area contributed by atoms with E-state index in [2.05, 4.69) is 10.3 Å². The van der Waals surface area contributed by atoms with Gasteiger partial charge in [0.25, 0.3) is 0 Å². The normalized spacial score (nSPS) is 10.1. The molecule has 10 heavy (non-hydrogen) atoms. The number of aromatic amines is 1. The van der Waals surface area contributed by atoms with Gasteiger partial charge in [-0.15, -0.1) is 0 Å². The first kappa shape index (κ1) is 7.31. The summed E-state index contributed by atoms with van der Waals surface area (Å²) in [6.07, 6.45) is 1.92. The van der Waals surface area contributed by atoms with E-state index in [1.807, 2.05) is 18.3 Å². The number of nitrogens with two attached hydrogens (primary N) is 1. The molecule has 0 radical (unpaired) electrons. The highest BCUT2D eigenvalue weighted by atomic mass is 14.9. The first-order valence-corrected chi connectivity index (χ1v) is 3.46. The van der Waals surface area contributed by atoms with Crippen molar-refractivity contribution < 1.29 is 0 Å². The van der Waals surface area contributed by atoms with Crippen molar-refractivity contribution in [1.82, 2.24) is 10.3 Å². The van der Waals surface area contributed by atoms with Crippen LogP contribution in [0.25, 0.3) is 0 Å². The summed E-state index contributed by atoms with van der Waals surface area (Å²) in [7, 11) is 0. The molecule has 4 N–H and O–H groups in total. The van der Waals surface area contributed by atoms with Crippen molar-refractivity contribution in [2.45, 2.75) is 6.54 Å². The van der Waals surface area contributed by atoms with Gasteiger partial charge in [0.05, 0.1) is 0 Å². The summed E-state index contributed by atoms with van der Waals surface area (Å²) in [6, 6.07) is 4.03. The van der Waals surface area contributed by atoms with Crippen molar-refractivity contribution in [3.63, 3.8) is 0 Å². The number of aromatic nitrogens is 1. The molecule has 0 saturated heterocycles. The van der Waals surface area contributed by atoms with E-state index in [4.69, 9.17) is 5.73 Å². The Morgan fingerprint density at radius 1 is 1.60 bits per heavy atom. The molecule has 0 aromatic carbocycles. The largest absolute Gasteiger partial charge is 0.364 e. The zero-order valence-corrected chi connectivity index (χ0v) is 5.93. The topological polar surface area (TPSA) is 53.8 Å². The minimum absolute atomic E-state index is 0.695. The van der Waals surface area contributed by atoms with Gasteiger partial charge in [0, 0.05) is 31.5 Å². The van der Waals surface area contributed by atoms with Crippen molar-refractivity contribution in [3.8, 4) is 0 Å². The third-order valence-electron chi connectivity index (χ3n) is 1.30. The summed E-state index contributed by atoms with van der Waals surface area (Å²) in [5, 5.41) is 3.18. The lowest BCUT2D eigenvalue weighted by Gasteiger charge is -1.98. The van der Waals surface area contributed by atoms with Gasteiger partial charge in [-0.1, -0.05) is 0 Å². The molecule has 3 nitrogen and oxygen atoms in total. The van der Waals surface area contributed by atoms with E-state index in [-0.39, 0.29) is 0 Å². The van der Waals surface area contributed by atoms with Crippen LogP contribution in [0.2, 0.25) is 0 Å². The Kier molecular flexibility index (Phi) is 2.99. The fourth-order valence-electron chi connectivity index (χ4n) is 0.803. The predicted molar refractivity (Wildman–Crippen MR) is 41.6 cm³/mol. The van der Waals surface area contributed by atoms with Crippen molar-refractivity contribution in [2.24, 2.45) is 5.73 Å². The average molecular weight is 139 g/mol. The number of hydrogen-bond acceptors (Lipinski definition) is 2. The zero-order chi connectivity index (χ0) is 7.23. The van der Waals surface area contributed by atoms with Crippen LogP contribution in [0.5, 0.6) is 0 Å². The van der Waals surface area contributed by atoms with Crippen LogP contribution in [0, 0.1) is 0 Å². The van der Waals surface area contributed by atoms with E-state index in [0.717, 1.165) is 13.1 Å². The highest BCUT2D eigenvalue weighted by Gasteiger charge is 1.88. The molecule has 0 aliphatic carbocycles. The molecule has 0 unspecified atom stereocenters. The molecule has 0 aliphatic rings. The zero-order valence-electron chi connectivity index (χ0n) is 5.93. The molecule has 1 rings (SSSR count). The van der Waals surface area contributed by atoms with Crippen LogP contribution in [0.1, 0.15) is 5.69 Å². The van der Waals surface area contributed by atoms with E-state index in [9.17, 15) is 0 Å². The van der Waals surface area contributed by atoms with Crippen LogP contribution in [-0.2, 0) is 6.54 Å². The van der Waals surface area contributed by atoms with Gasteiger partial charge in [-0.2, -0.15) is 0 Å². The van der Waals surface area contributed by atoms with Crippen molar-refractivity contribution >= 4 is 0 Å². The Morgan fingerprint density at radius 2 is 2.50 bits per heavy atom. The van der Waals surface area contributed by atoms with Crippen molar-refractivity contribution in [2.75, 3.05) is 13.1 Å². The number of nitrogens with one attached hydrogen (secondary N) is 2. The van der Waals surface area contributed by atoms with Crippen LogP contribution in [-0.4, -0.2) is 18.1 Å². The minimum Gasteiger partial charge on any atom is -0.364 e. The third kappa shape index (κ3) is 2.21. The van der Waals surface area contributed by atoms with Gasteiger partial charge in [-0.25, -0.2) is 0 Å². The molecule has 0 atom stereocenters. The second-order valence-corrected chi connectivity index (χ2v) is 2.16. The molecule has 1 aromatic heterocycles.